The number of pyridine rings is 1. The number of hydrogen-bond donors (Lipinski definition) is 0. The summed E-state index contributed by atoms with van der Waals surface area (Å²) < 4.78 is 0. The molecule has 0 aliphatic rings. The Hall–Kier alpha value is -2.19. The molecule has 3 aromatic rings. The van der Waals surface area contributed by atoms with E-state index in [1.807, 2.05) is 42.5 Å². The zero-order valence-corrected chi connectivity index (χ0v) is 11.5. The number of carbonyl (C=O) groups is 1. The van der Waals surface area contributed by atoms with Gasteiger partial charge < -0.3 is 0 Å². The lowest BCUT2D eigenvalue weighted by Gasteiger charge is -2.05. The quantitative estimate of drug-likeness (QED) is 0.670. The van der Waals surface area contributed by atoms with Crippen molar-refractivity contribution in [1.29, 1.82) is 0 Å². The van der Waals surface area contributed by atoms with Gasteiger partial charge in [0, 0.05) is 34.8 Å². The molecule has 2 nitrogen and oxygen atoms in total. The monoisotopic (exact) mass is 281 g/mol. The Morgan fingerprint density at radius 3 is 2.75 bits per heavy atom. The average molecular weight is 282 g/mol. The molecule has 3 heteroatoms. The molecule has 0 spiro atoms. The highest BCUT2D eigenvalue weighted by Gasteiger charge is 2.11. The molecule has 1 heterocycles. The van der Waals surface area contributed by atoms with Crippen LogP contribution >= 0.6 is 11.6 Å². The molecule has 0 N–H and O–H groups in total. The fraction of sp³-hybridized carbons (Fsp3) is 0.0588. The second-order valence-electron chi connectivity index (χ2n) is 4.64. The van der Waals surface area contributed by atoms with Crippen molar-refractivity contribution >= 4 is 28.2 Å². The van der Waals surface area contributed by atoms with Crippen LogP contribution in [-0.2, 0) is 6.42 Å². The van der Waals surface area contributed by atoms with Crippen molar-refractivity contribution in [2.24, 2.45) is 0 Å². The molecular formula is C17H12ClNO. The summed E-state index contributed by atoms with van der Waals surface area (Å²) in [4.78, 5) is 16.6. The van der Waals surface area contributed by atoms with Gasteiger partial charge in [0.1, 0.15) is 0 Å². The van der Waals surface area contributed by atoms with Gasteiger partial charge in [-0.05, 0) is 23.1 Å². The fourth-order valence-electron chi connectivity index (χ4n) is 2.27. The first-order valence-electron chi connectivity index (χ1n) is 6.34. The van der Waals surface area contributed by atoms with Crippen LogP contribution in [0, 0.1) is 0 Å². The third-order valence-electron chi connectivity index (χ3n) is 3.22. The highest BCUT2D eigenvalue weighted by atomic mass is 35.5. The average Bonchev–Trinajstić information content (AvgIpc) is 2.46. The third kappa shape index (κ3) is 2.56. The van der Waals surface area contributed by atoms with Crippen LogP contribution in [0.2, 0.25) is 5.02 Å². The van der Waals surface area contributed by atoms with Gasteiger partial charge in [-0.25, -0.2) is 0 Å². The van der Waals surface area contributed by atoms with Gasteiger partial charge in [0.15, 0.2) is 5.78 Å². The Morgan fingerprint density at radius 1 is 1.05 bits per heavy atom. The van der Waals surface area contributed by atoms with Crippen molar-refractivity contribution in [2.75, 3.05) is 0 Å². The summed E-state index contributed by atoms with van der Waals surface area (Å²) in [5.41, 5.74) is 1.57. The van der Waals surface area contributed by atoms with E-state index in [-0.39, 0.29) is 5.78 Å². The van der Waals surface area contributed by atoms with Crippen molar-refractivity contribution < 1.29 is 4.79 Å². The maximum atomic E-state index is 12.5. The lowest BCUT2D eigenvalue weighted by molar-refractivity contribution is 0.0994. The van der Waals surface area contributed by atoms with Crippen LogP contribution < -0.4 is 0 Å². The van der Waals surface area contributed by atoms with Crippen LogP contribution in [0.4, 0.5) is 0 Å². The standard InChI is InChI=1S/C17H12ClNO/c18-14-6-3-4-12(8-14)9-17(20)16-11-19-10-13-5-1-2-7-15(13)16/h1-8,10-11H,9H2. The van der Waals surface area contributed by atoms with Crippen molar-refractivity contribution in [1.82, 2.24) is 4.98 Å². The van der Waals surface area contributed by atoms with Gasteiger partial charge in [0.2, 0.25) is 0 Å². The minimum absolute atomic E-state index is 0.0524. The second-order valence-corrected chi connectivity index (χ2v) is 5.07. The van der Waals surface area contributed by atoms with Gasteiger partial charge >= 0.3 is 0 Å². The molecule has 3 rings (SSSR count). The lowest BCUT2D eigenvalue weighted by atomic mass is 10.00. The normalized spacial score (nSPS) is 10.7. The largest absolute Gasteiger partial charge is 0.294 e. The van der Waals surface area contributed by atoms with Crippen LogP contribution in [0.3, 0.4) is 0 Å². The van der Waals surface area contributed by atoms with Crippen molar-refractivity contribution in [3.05, 3.63) is 77.1 Å². The summed E-state index contributed by atoms with van der Waals surface area (Å²) in [7, 11) is 0. The SMILES string of the molecule is O=C(Cc1cccc(Cl)c1)c1cncc2ccccc12. The number of fused-ring (bicyclic) bond motifs is 1. The highest BCUT2D eigenvalue weighted by molar-refractivity contribution is 6.30. The molecule has 0 aliphatic heterocycles. The summed E-state index contributed by atoms with van der Waals surface area (Å²) in [6.45, 7) is 0. The van der Waals surface area contributed by atoms with Gasteiger partial charge in [0.05, 0.1) is 0 Å². The third-order valence-corrected chi connectivity index (χ3v) is 3.46. The van der Waals surface area contributed by atoms with E-state index in [2.05, 4.69) is 4.98 Å². The number of hydrogen-bond acceptors (Lipinski definition) is 2. The first kappa shape index (κ1) is 12.8. The molecule has 0 saturated carbocycles. The van der Waals surface area contributed by atoms with E-state index in [9.17, 15) is 4.79 Å². The minimum atomic E-state index is 0.0524. The number of Topliss-reactive ketones (excluding diaryl/α,β-unsaturated/α-hetero) is 1. The molecule has 98 valence electrons. The van der Waals surface area contributed by atoms with E-state index in [1.165, 1.54) is 0 Å². The van der Waals surface area contributed by atoms with Gasteiger partial charge in [-0.15, -0.1) is 0 Å². The Bertz CT molecular complexity index is 777. The predicted octanol–water partition coefficient (Wildman–Crippen LogP) is 4.31. The number of rotatable bonds is 3. The van der Waals surface area contributed by atoms with E-state index in [0.29, 0.717) is 17.0 Å². The summed E-state index contributed by atoms with van der Waals surface area (Å²) in [6, 6.07) is 15.1. The number of carbonyl (C=O) groups excluding carboxylic acids is 1. The maximum Gasteiger partial charge on any atom is 0.169 e. The van der Waals surface area contributed by atoms with Crippen LogP contribution in [-0.4, -0.2) is 10.8 Å². The molecule has 2 aromatic carbocycles. The van der Waals surface area contributed by atoms with Gasteiger partial charge in [0.25, 0.3) is 0 Å². The first-order chi connectivity index (χ1) is 9.74. The molecule has 0 unspecified atom stereocenters. The van der Waals surface area contributed by atoms with Crippen LogP contribution in [0.5, 0.6) is 0 Å². The molecule has 0 fully saturated rings. The van der Waals surface area contributed by atoms with Crippen molar-refractivity contribution in [3.63, 3.8) is 0 Å². The predicted molar refractivity (Wildman–Crippen MR) is 81.2 cm³/mol. The topological polar surface area (TPSA) is 30.0 Å². The van der Waals surface area contributed by atoms with E-state index >= 15 is 0 Å². The lowest BCUT2D eigenvalue weighted by Crippen LogP contribution is -2.05. The zero-order chi connectivity index (χ0) is 13.9. The molecule has 0 bridgehead atoms. The number of nitrogens with zero attached hydrogens (tertiary/aromatic N) is 1. The number of halogens is 1. The van der Waals surface area contributed by atoms with E-state index < -0.39 is 0 Å². The maximum absolute atomic E-state index is 12.5. The summed E-state index contributed by atoms with van der Waals surface area (Å²) in [6.07, 6.45) is 3.73. The fourth-order valence-corrected chi connectivity index (χ4v) is 2.48. The van der Waals surface area contributed by atoms with Crippen molar-refractivity contribution in [2.45, 2.75) is 6.42 Å². The Morgan fingerprint density at radius 2 is 1.90 bits per heavy atom. The Labute approximate surface area is 122 Å². The number of benzene rings is 2. The van der Waals surface area contributed by atoms with Crippen molar-refractivity contribution in [3.8, 4) is 0 Å². The Balaban J connectivity index is 1.97. The summed E-state index contributed by atoms with van der Waals surface area (Å²) in [5, 5.41) is 2.56. The van der Waals surface area contributed by atoms with Crippen LogP contribution in [0.25, 0.3) is 10.8 Å². The smallest absolute Gasteiger partial charge is 0.169 e. The van der Waals surface area contributed by atoms with Gasteiger partial charge in [-0.1, -0.05) is 48.0 Å². The highest BCUT2D eigenvalue weighted by Crippen LogP contribution is 2.19. The molecule has 1 aromatic heterocycles. The van der Waals surface area contributed by atoms with Gasteiger partial charge in [-0.2, -0.15) is 0 Å². The summed E-state index contributed by atoms with van der Waals surface area (Å²) in [5.74, 6) is 0.0524. The zero-order valence-electron chi connectivity index (χ0n) is 10.7. The van der Waals surface area contributed by atoms with Crippen LogP contribution in [0.15, 0.2) is 60.9 Å². The van der Waals surface area contributed by atoms with E-state index in [0.717, 1.165) is 16.3 Å². The second kappa shape index (κ2) is 5.43. The number of ketones is 1. The van der Waals surface area contributed by atoms with Crippen LogP contribution in [0.1, 0.15) is 15.9 Å². The molecule has 0 aliphatic carbocycles. The molecule has 0 atom stereocenters. The molecule has 0 radical (unpaired) electrons. The first-order valence-corrected chi connectivity index (χ1v) is 6.72. The number of aromatic nitrogens is 1. The van der Waals surface area contributed by atoms with E-state index in [1.54, 1.807) is 18.5 Å². The molecule has 0 amide bonds. The van der Waals surface area contributed by atoms with E-state index in [4.69, 9.17) is 11.6 Å². The molecule has 20 heavy (non-hydrogen) atoms. The minimum Gasteiger partial charge on any atom is -0.294 e. The van der Waals surface area contributed by atoms with Gasteiger partial charge in [-0.3, -0.25) is 9.78 Å². The Kier molecular flexibility index (Phi) is 3.48. The molecule has 0 saturated heterocycles. The summed E-state index contributed by atoms with van der Waals surface area (Å²) >= 11 is 5.95. The molecular weight excluding hydrogens is 270 g/mol.